The highest BCUT2D eigenvalue weighted by atomic mass is 35.5. The normalized spacial score (nSPS) is 13.2. The van der Waals surface area contributed by atoms with E-state index in [1.807, 2.05) is 0 Å². The molecule has 1 aliphatic heterocycles. The lowest BCUT2D eigenvalue weighted by molar-refractivity contribution is -0.117. The minimum absolute atomic E-state index is 0.0189. The van der Waals surface area contributed by atoms with Gasteiger partial charge in [-0.15, -0.1) is 10.2 Å². The molecule has 0 N–H and O–H groups in total. The molecule has 1 aromatic heterocycles. The third-order valence-electron chi connectivity index (χ3n) is 4.41. The van der Waals surface area contributed by atoms with E-state index in [-0.39, 0.29) is 18.3 Å². The number of aromatic nitrogens is 3. The zero-order valence-electron chi connectivity index (χ0n) is 16.5. The first kappa shape index (κ1) is 21.1. The number of benzene rings is 2. The van der Waals surface area contributed by atoms with Gasteiger partial charge in [0.15, 0.2) is 11.6 Å². The van der Waals surface area contributed by atoms with Crippen molar-refractivity contribution in [3.05, 3.63) is 75.7 Å². The molecule has 2 heterocycles. The van der Waals surface area contributed by atoms with Gasteiger partial charge < -0.3 is 4.74 Å². The lowest BCUT2D eigenvalue weighted by Crippen LogP contribution is -2.42. The van der Waals surface area contributed by atoms with Crippen LogP contribution >= 0.6 is 23.4 Å². The van der Waals surface area contributed by atoms with Crippen molar-refractivity contribution in [2.24, 2.45) is 0 Å². The highest BCUT2D eigenvalue weighted by molar-refractivity contribution is 8.04. The van der Waals surface area contributed by atoms with Gasteiger partial charge in [0.05, 0.1) is 10.6 Å². The molecule has 0 fully saturated rings. The number of ether oxygens (including phenoxy) is 1. The molecule has 158 valence electrons. The van der Waals surface area contributed by atoms with E-state index in [0.29, 0.717) is 37.9 Å². The Kier molecular flexibility index (Phi) is 5.79. The number of thioether (sulfide) groups is 1. The fourth-order valence-electron chi connectivity index (χ4n) is 3.06. The first-order valence-corrected chi connectivity index (χ1v) is 10.4. The maximum Gasteiger partial charge on any atom is 0.243 e. The van der Waals surface area contributed by atoms with Gasteiger partial charge >= 0.3 is 0 Å². The number of allylic oxidation sites excluding steroid dienone is 1. The number of hydrogen-bond acceptors (Lipinski definition) is 6. The number of carbonyl (C=O) groups is 2. The van der Waals surface area contributed by atoms with Crippen molar-refractivity contribution in [2.75, 3.05) is 5.01 Å². The summed E-state index contributed by atoms with van der Waals surface area (Å²) in [5.74, 6) is -0.113. The topological polar surface area (TPSA) is 77.3 Å². The number of fused-ring (bicyclic) bond motifs is 1. The highest BCUT2D eigenvalue weighted by Crippen LogP contribution is 2.39. The van der Waals surface area contributed by atoms with Crippen molar-refractivity contribution in [1.82, 2.24) is 14.9 Å². The van der Waals surface area contributed by atoms with Crippen LogP contribution in [0.25, 0.3) is 5.70 Å². The molecule has 0 spiro atoms. The number of nitrogens with zero attached hydrogens (tertiary/aromatic N) is 4. The third kappa shape index (κ3) is 4.19. The van der Waals surface area contributed by atoms with Crippen molar-refractivity contribution in [3.63, 3.8) is 0 Å². The Bertz CT molecular complexity index is 1190. The number of Topliss-reactive ketones (excluding diaryl/α,β-unsaturated/α-hetero) is 1. The number of amides is 1. The lowest BCUT2D eigenvalue weighted by atomic mass is 10.1. The monoisotopic (exact) mass is 458 g/mol. The second-order valence-electron chi connectivity index (χ2n) is 6.63. The predicted octanol–water partition coefficient (Wildman–Crippen LogP) is 4.20. The molecule has 2 aromatic carbocycles. The molecule has 1 amide bonds. The smallest absolute Gasteiger partial charge is 0.243 e. The van der Waals surface area contributed by atoms with Crippen LogP contribution in [-0.4, -0.2) is 26.6 Å². The molecule has 0 atom stereocenters. The summed E-state index contributed by atoms with van der Waals surface area (Å²) in [6, 6.07) is 12.4. The Morgan fingerprint density at radius 2 is 1.74 bits per heavy atom. The summed E-state index contributed by atoms with van der Waals surface area (Å²) in [6.45, 7) is 2.79. The molecule has 0 saturated heterocycles. The van der Waals surface area contributed by atoms with Crippen molar-refractivity contribution in [3.8, 4) is 5.75 Å². The van der Waals surface area contributed by atoms with E-state index in [2.05, 4.69) is 10.2 Å². The maximum atomic E-state index is 13.5. The van der Waals surface area contributed by atoms with Gasteiger partial charge in [0.1, 0.15) is 18.2 Å². The molecule has 0 aliphatic carbocycles. The molecule has 1 aliphatic rings. The summed E-state index contributed by atoms with van der Waals surface area (Å²) in [7, 11) is 0. The van der Waals surface area contributed by atoms with E-state index in [0.717, 1.165) is 11.8 Å². The van der Waals surface area contributed by atoms with Gasteiger partial charge in [0, 0.05) is 17.5 Å². The molecular formula is C21H16ClFN4O3S. The van der Waals surface area contributed by atoms with Crippen LogP contribution in [0.3, 0.4) is 0 Å². The molecule has 31 heavy (non-hydrogen) atoms. The highest BCUT2D eigenvalue weighted by Gasteiger charge is 2.35. The van der Waals surface area contributed by atoms with Gasteiger partial charge in [-0.05, 0) is 67.2 Å². The zero-order chi connectivity index (χ0) is 22.1. The van der Waals surface area contributed by atoms with Crippen LogP contribution in [0.2, 0.25) is 5.02 Å². The molecule has 0 saturated carbocycles. The SMILES string of the molecule is CC(=O)C1=C(c2ccc(F)cc2)N(C(C)=O)n2c(COc3ccc(Cl)cc3)nnc2S1. The van der Waals surface area contributed by atoms with Crippen LogP contribution < -0.4 is 9.75 Å². The molecule has 0 radical (unpaired) electrons. The fraction of sp³-hybridized carbons (Fsp3) is 0.143. The Labute approximate surface area is 186 Å². The molecule has 0 bridgehead atoms. The largest absolute Gasteiger partial charge is 0.486 e. The molecule has 7 nitrogen and oxygen atoms in total. The standard InChI is InChI=1S/C21H16ClFN4O3S/c1-12(28)20-19(14-3-7-16(23)8-4-14)26(13(2)29)27-18(24-25-21(27)31-20)11-30-17-9-5-15(22)6-10-17/h3-10H,11H2,1-2H3. The van der Waals surface area contributed by atoms with Gasteiger partial charge in [-0.3, -0.25) is 9.59 Å². The Balaban J connectivity index is 1.76. The first-order valence-electron chi connectivity index (χ1n) is 9.18. The van der Waals surface area contributed by atoms with Crippen LogP contribution in [-0.2, 0) is 16.2 Å². The third-order valence-corrected chi connectivity index (χ3v) is 5.79. The minimum atomic E-state index is -0.423. The zero-order valence-corrected chi connectivity index (χ0v) is 18.1. The number of halogens is 2. The summed E-state index contributed by atoms with van der Waals surface area (Å²) in [5.41, 5.74) is 0.850. The van der Waals surface area contributed by atoms with Crippen molar-refractivity contribution in [2.45, 2.75) is 25.6 Å². The quantitative estimate of drug-likeness (QED) is 0.570. The number of rotatable bonds is 5. The van der Waals surface area contributed by atoms with Crippen LogP contribution in [0.15, 0.2) is 58.6 Å². The summed E-state index contributed by atoms with van der Waals surface area (Å²) in [6.07, 6.45) is 0. The van der Waals surface area contributed by atoms with Crippen molar-refractivity contribution < 1.29 is 18.7 Å². The second-order valence-corrected chi connectivity index (χ2v) is 8.04. The summed E-state index contributed by atoms with van der Waals surface area (Å²) < 4.78 is 20.8. The maximum absolute atomic E-state index is 13.5. The number of hydrogen-bond donors (Lipinski definition) is 0. The van der Waals surface area contributed by atoms with Crippen LogP contribution in [0.1, 0.15) is 25.2 Å². The Morgan fingerprint density at radius 1 is 1.06 bits per heavy atom. The van der Waals surface area contributed by atoms with E-state index >= 15 is 0 Å². The van der Waals surface area contributed by atoms with E-state index in [9.17, 15) is 14.0 Å². The average molecular weight is 459 g/mol. The summed E-state index contributed by atoms with van der Waals surface area (Å²) >= 11 is 7.00. The van der Waals surface area contributed by atoms with Crippen molar-refractivity contribution >= 4 is 40.8 Å². The van der Waals surface area contributed by atoms with Crippen LogP contribution in [0.4, 0.5) is 4.39 Å². The average Bonchev–Trinajstić information content (AvgIpc) is 3.15. The molecule has 3 aromatic rings. The van der Waals surface area contributed by atoms with Crippen LogP contribution in [0.5, 0.6) is 5.75 Å². The van der Waals surface area contributed by atoms with E-state index in [1.165, 1.54) is 47.8 Å². The van der Waals surface area contributed by atoms with Crippen LogP contribution in [0, 0.1) is 5.82 Å². The van der Waals surface area contributed by atoms with Gasteiger partial charge in [-0.25, -0.2) is 14.1 Å². The molecule has 10 heteroatoms. The molecule has 0 unspecified atom stereocenters. The minimum Gasteiger partial charge on any atom is -0.486 e. The Morgan fingerprint density at radius 3 is 2.35 bits per heavy atom. The first-order chi connectivity index (χ1) is 14.8. The van der Waals surface area contributed by atoms with Gasteiger partial charge in [-0.2, -0.15) is 0 Å². The van der Waals surface area contributed by atoms with Gasteiger partial charge in [0.25, 0.3) is 0 Å². The second kappa shape index (κ2) is 8.52. The predicted molar refractivity (Wildman–Crippen MR) is 115 cm³/mol. The number of ketones is 1. The van der Waals surface area contributed by atoms with E-state index in [4.69, 9.17) is 16.3 Å². The van der Waals surface area contributed by atoms with E-state index in [1.54, 1.807) is 24.3 Å². The van der Waals surface area contributed by atoms with E-state index < -0.39 is 5.82 Å². The van der Waals surface area contributed by atoms with Gasteiger partial charge in [0.2, 0.25) is 11.1 Å². The lowest BCUT2D eigenvalue weighted by Gasteiger charge is -2.32. The molecule has 4 rings (SSSR count). The van der Waals surface area contributed by atoms with Gasteiger partial charge in [-0.1, -0.05) is 11.6 Å². The van der Waals surface area contributed by atoms with Crippen molar-refractivity contribution in [1.29, 1.82) is 0 Å². The number of carbonyl (C=O) groups excluding carboxylic acids is 2. The summed E-state index contributed by atoms with van der Waals surface area (Å²) in [4.78, 5) is 25.4. The Hall–Kier alpha value is -3.17. The fourth-order valence-corrected chi connectivity index (χ4v) is 4.17. The molecular weight excluding hydrogens is 443 g/mol. The summed E-state index contributed by atoms with van der Waals surface area (Å²) in [5, 5.41) is 10.5.